The Balaban J connectivity index is 2.83. The summed E-state index contributed by atoms with van der Waals surface area (Å²) < 4.78 is 12.1. The van der Waals surface area contributed by atoms with E-state index in [1.807, 2.05) is 0 Å². The number of hydrogen-bond donors (Lipinski definition) is 1. The zero-order chi connectivity index (χ0) is 14.6. The maximum absolute atomic E-state index is 11.8. The highest BCUT2D eigenvalue weighted by molar-refractivity contribution is 9.10. The molecular weight excluding hydrogens is 338 g/mol. The summed E-state index contributed by atoms with van der Waals surface area (Å²) in [6.45, 7) is 1.47. The largest absolute Gasteiger partial charge is 0.481 e. The predicted octanol–water partition coefficient (Wildman–Crippen LogP) is 2.33. The molecule has 8 heteroatoms. The van der Waals surface area contributed by atoms with Crippen LogP contribution in [-0.2, 0) is 21.3 Å². The fourth-order valence-corrected chi connectivity index (χ4v) is 3.54. The molecule has 1 aromatic rings. The Labute approximate surface area is 120 Å². The molecule has 2 atom stereocenters. The first-order valence-electron chi connectivity index (χ1n) is 5.32. The Morgan fingerprint density at radius 1 is 1.58 bits per heavy atom. The summed E-state index contributed by atoms with van der Waals surface area (Å²) in [6.07, 6.45) is 0. The number of carboxylic acid groups (broad SMARTS) is 1. The molecule has 0 fully saturated rings. The predicted molar refractivity (Wildman–Crippen MR) is 74.3 cm³/mol. The number of benzene rings is 1. The van der Waals surface area contributed by atoms with Crippen molar-refractivity contribution >= 4 is 38.4 Å². The smallest absolute Gasteiger partial charge is 0.307 e. The second kappa shape index (κ2) is 6.76. The molecule has 0 amide bonds. The number of aliphatic carboxylic acids is 1. The minimum atomic E-state index is -1.39. The fourth-order valence-electron chi connectivity index (χ4n) is 1.40. The van der Waals surface area contributed by atoms with E-state index in [4.69, 9.17) is 5.11 Å². The van der Waals surface area contributed by atoms with Gasteiger partial charge in [-0.15, -0.1) is 0 Å². The summed E-state index contributed by atoms with van der Waals surface area (Å²) >= 11 is 3.11. The lowest BCUT2D eigenvalue weighted by Gasteiger charge is -2.07. The Bertz CT molecular complexity index is 534. The van der Waals surface area contributed by atoms with Crippen molar-refractivity contribution in [3.8, 4) is 0 Å². The maximum atomic E-state index is 11.8. The zero-order valence-electron chi connectivity index (χ0n) is 10.0. The highest BCUT2D eigenvalue weighted by atomic mass is 79.9. The van der Waals surface area contributed by atoms with Crippen LogP contribution < -0.4 is 0 Å². The average molecular weight is 350 g/mol. The number of hydrogen-bond acceptors (Lipinski definition) is 4. The molecule has 6 nitrogen and oxygen atoms in total. The van der Waals surface area contributed by atoms with Gasteiger partial charge >= 0.3 is 5.97 Å². The highest BCUT2D eigenvalue weighted by Crippen LogP contribution is 2.29. The van der Waals surface area contributed by atoms with Crippen LogP contribution in [0.1, 0.15) is 12.5 Å². The zero-order valence-corrected chi connectivity index (χ0v) is 12.4. The Kier molecular flexibility index (Phi) is 5.61. The third-order valence-corrected chi connectivity index (χ3v) is 4.85. The van der Waals surface area contributed by atoms with Gasteiger partial charge in [-0.25, -0.2) is 0 Å². The number of halogens is 1. The van der Waals surface area contributed by atoms with Crippen molar-refractivity contribution in [3.63, 3.8) is 0 Å². The van der Waals surface area contributed by atoms with E-state index in [-0.39, 0.29) is 21.7 Å². The van der Waals surface area contributed by atoms with Crippen LogP contribution in [-0.4, -0.2) is 26.0 Å². The minimum Gasteiger partial charge on any atom is -0.481 e. The molecule has 0 saturated carbocycles. The Morgan fingerprint density at radius 3 is 2.74 bits per heavy atom. The lowest BCUT2D eigenvalue weighted by molar-refractivity contribution is -0.385. The summed E-state index contributed by atoms with van der Waals surface area (Å²) in [7, 11) is -1.39. The van der Waals surface area contributed by atoms with E-state index in [2.05, 4.69) is 15.9 Å². The minimum absolute atomic E-state index is 0.0183. The van der Waals surface area contributed by atoms with Gasteiger partial charge in [0.05, 0.1) is 15.3 Å². The van der Waals surface area contributed by atoms with Crippen LogP contribution in [0, 0.1) is 16.0 Å². The molecule has 0 heterocycles. The number of carboxylic acids is 1. The molecule has 2 unspecified atom stereocenters. The fraction of sp³-hybridized carbons (Fsp3) is 0.364. The lowest BCUT2D eigenvalue weighted by Crippen LogP contribution is -2.18. The van der Waals surface area contributed by atoms with Crippen LogP contribution in [0.15, 0.2) is 22.7 Å². The number of carbonyl (C=O) groups is 1. The van der Waals surface area contributed by atoms with Gasteiger partial charge in [0.15, 0.2) is 0 Å². The van der Waals surface area contributed by atoms with Crippen molar-refractivity contribution in [1.29, 1.82) is 0 Å². The molecule has 0 radical (unpaired) electrons. The molecule has 0 aromatic heterocycles. The topological polar surface area (TPSA) is 97.5 Å². The monoisotopic (exact) mass is 349 g/mol. The molecule has 0 aliphatic rings. The van der Waals surface area contributed by atoms with Gasteiger partial charge in [-0.05, 0) is 21.5 Å². The Hall–Kier alpha value is -1.28. The van der Waals surface area contributed by atoms with Crippen LogP contribution in [0.5, 0.6) is 0 Å². The van der Waals surface area contributed by atoms with E-state index in [0.29, 0.717) is 5.56 Å². The standard InChI is InChI=1S/C11H12BrNO5S/c1-7(11(14)15)5-19(18)6-8-3-2-4-9(10(8)12)13(16)17/h2-4,7H,5-6H2,1H3,(H,14,15). The van der Waals surface area contributed by atoms with Crippen LogP contribution in [0.4, 0.5) is 5.69 Å². The summed E-state index contributed by atoms with van der Waals surface area (Å²) in [5, 5.41) is 19.5. The van der Waals surface area contributed by atoms with E-state index in [1.54, 1.807) is 6.07 Å². The molecular formula is C11H12BrNO5S. The molecule has 1 rings (SSSR count). The van der Waals surface area contributed by atoms with Crippen molar-refractivity contribution in [1.82, 2.24) is 0 Å². The second-order valence-corrected chi connectivity index (χ2v) is 6.29. The van der Waals surface area contributed by atoms with Gasteiger partial charge in [0.2, 0.25) is 0 Å². The SMILES string of the molecule is CC(CS(=O)Cc1cccc([N+](=O)[O-])c1Br)C(=O)O. The van der Waals surface area contributed by atoms with Crippen molar-refractivity contribution in [2.45, 2.75) is 12.7 Å². The average Bonchev–Trinajstić information content (AvgIpc) is 2.31. The van der Waals surface area contributed by atoms with Crippen molar-refractivity contribution in [2.75, 3.05) is 5.75 Å². The normalized spacial score (nSPS) is 13.8. The van der Waals surface area contributed by atoms with Crippen molar-refractivity contribution in [2.24, 2.45) is 5.92 Å². The van der Waals surface area contributed by atoms with E-state index in [9.17, 15) is 19.1 Å². The van der Waals surface area contributed by atoms with E-state index < -0.39 is 27.6 Å². The molecule has 0 saturated heterocycles. The third kappa shape index (κ3) is 4.39. The van der Waals surface area contributed by atoms with Gasteiger partial charge in [0, 0.05) is 28.4 Å². The van der Waals surface area contributed by atoms with Crippen molar-refractivity contribution < 1.29 is 19.0 Å². The number of nitro benzene ring substituents is 1. The molecule has 0 aliphatic carbocycles. The van der Waals surface area contributed by atoms with E-state index >= 15 is 0 Å². The second-order valence-electron chi connectivity index (χ2n) is 4.00. The summed E-state index contributed by atoms with van der Waals surface area (Å²) in [4.78, 5) is 20.9. The number of nitro groups is 1. The van der Waals surface area contributed by atoms with Gasteiger partial charge in [0.1, 0.15) is 0 Å². The van der Waals surface area contributed by atoms with Crippen molar-refractivity contribution in [3.05, 3.63) is 38.3 Å². The first-order chi connectivity index (χ1) is 8.82. The van der Waals surface area contributed by atoms with Gasteiger partial charge in [-0.3, -0.25) is 19.1 Å². The molecule has 1 aromatic carbocycles. The number of rotatable bonds is 6. The third-order valence-electron chi connectivity index (χ3n) is 2.43. The highest BCUT2D eigenvalue weighted by Gasteiger charge is 2.19. The maximum Gasteiger partial charge on any atom is 0.307 e. The quantitative estimate of drug-likeness (QED) is 0.627. The molecule has 0 aliphatic heterocycles. The van der Waals surface area contributed by atoms with E-state index in [0.717, 1.165) is 0 Å². The van der Waals surface area contributed by atoms with E-state index in [1.165, 1.54) is 19.1 Å². The first kappa shape index (κ1) is 15.8. The number of nitrogens with zero attached hydrogens (tertiary/aromatic N) is 1. The van der Waals surface area contributed by atoms with Gasteiger partial charge in [-0.1, -0.05) is 19.1 Å². The molecule has 0 spiro atoms. The molecule has 0 bridgehead atoms. The van der Waals surface area contributed by atoms with Crippen LogP contribution >= 0.6 is 15.9 Å². The van der Waals surface area contributed by atoms with Crippen LogP contribution in [0.25, 0.3) is 0 Å². The molecule has 104 valence electrons. The van der Waals surface area contributed by atoms with Gasteiger partial charge in [-0.2, -0.15) is 0 Å². The lowest BCUT2D eigenvalue weighted by atomic mass is 10.2. The van der Waals surface area contributed by atoms with Crippen LogP contribution in [0.3, 0.4) is 0 Å². The summed E-state index contributed by atoms with van der Waals surface area (Å²) in [5.41, 5.74) is 0.436. The summed E-state index contributed by atoms with van der Waals surface area (Å²) in [6, 6.07) is 4.48. The summed E-state index contributed by atoms with van der Waals surface area (Å²) in [5.74, 6) is -1.62. The van der Waals surface area contributed by atoms with Crippen LogP contribution in [0.2, 0.25) is 0 Å². The molecule has 19 heavy (non-hydrogen) atoms. The Morgan fingerprint density at radius 2 is 2.21 bits per heavy atom. The first-order valence-corrected chi connectivity index (χ1v) is 7.60. The molecule has 1 N–H and O–H groups in total. The van der Waals surface area contributed by atoms with Gasteiger partial charge in [0.25, 0.3) is 5.69 Å². The van der Waals surface area contributed by atoms with Gasteiger partial charge < -0.3 is 5.11 Å².